The fourth-order valence-corrected chi connectivity index (χ4v) is 3.91. The van der Waals surface area contributed by atoms with Gasteiger partial charge in [-0.05, 0) is 68.2 Å². The van der Waals surface area contributed by atoms with E-state index < -0.39 is 11.7 Å². The van der Waals surface area contributed by atoms with E-state index in [1.807, 2.05) is 19.1 Å². The molecular weight excluding hydrogens is 421 g/mol. The number of fused-ring (bicyclic) bond motifs is 1. The van der Waals surface area contributed by atoms with E-state index in [4.69, 9.17) is 4.42 Å². The van der Waals surface area contributed by atoms with Crippen LogP contribution in [0.4, 0.5) is 13.2 Å². The minimum atomic E-state index is -4.50. The third-order valence-electron chi connectivity index (χ3n) is 4.96. The van der Waals surface area contributed by atoms with Crippen LogP contribution in [0.3, 0.4) is 0 Å². The molecule has 0 radical (unpaired) electrons. The molecule has 1 saturated heterocycles. The Morgan fingerprint density at radius 1 is 1.19 bits per heavy atom. The molecule has 0 spiro atoms. The Morgan fingerprint density at radius 3 is 2.63 bits per heavy atom. The van der Waals surface area contributed by atoms with Gasteiger partial charge in [0, 0.05) is 16.6 Å². The second kappa shape index (κ2) is 6.95. The Morgan fingerprint density at radius 2 is 1.93 bits per heavy atom. The first-order valence-corrected chi connectivity index (χ1v) is 9.61. The predicted molar refractivity (Wildman–Crippen MR) is 101 cm³/mol. The molecule has 1 aromatic heterocycles. The van der Waals surface area contributed by atoms with Gasteiger partial charge in [0.2, 0.25) is 5.89 Å². The molecule has 2 heterocycles. The van der Waals surface area contributed by atoms with E-state index in [0.717, 1.165) is 36.0 Å². The predicted octanol–water partition coefficient (Wildman–Crippen LogP) is 6.18. The van der Waals surface area contributed by atoms with E-state index in [9.17, 15) is 13.2 Å². The minimum Gasteiger partial charge on any atom is -0.435 e. The first-order chi connectivity index (χ1) is 12.8. The van der Waals surface area contributed by atoms with Crippen molar-refractivity contribution in [2.75, 3.05) is 13.1 Å². The zero-order chi connectivity index (χ0) is 19.2. The first kappa shape index (κ1) is 18.5. The van der Waals surface area contributed by atoms with E-state index in [2.05, 4.69) is 25.8 Å². The van der Waals surface area contributed by atoms with Crippen LogP contribution in [0, 0.1) is 6.92 Å². The van der Waals surface area contributed by atoms with Crippen molar-refractivity contribution in [1.29, 1.82) is 0 Å². The van der Waals surface area contributed by atoms with Crippen LogP contribution in [0.5, 0.6) is 0 Å². The second-order valence-electron chi connectivity index (χ2n) is 6.90. The molecule has 0 amide bonds. The van der Waals surface area contributed by atoms with Gasteiger partial charge in [-0.2, -0.15) is 13.2 Å². The average Bonchev–Trinajstić information content (AvgIpc) is 3.25. The molecule has 0 unspecified atom stereocenters. The summed E-state index contributed by atoms with van der Waals surface area (Å²) in [6, 6.07) is 8.39. The van der Waals surface area contributed by atoms with Crippen LogP contribution < -0.4 is 0 Å². The number of rotatable bonds is 3. The summed E-state index contributed by atoms with van der Waals surface area (Å²) in [7, 11) is 0. The molecular formula is C20H18BrF3N2O. The minimum absolute atomic E-state index is 0.202. The van der Waals surface area contributed by atoms with Crippen molar-refractivity contribution in [2.24, 2.45) is 0 Å². The van der Waals surface area contributed by atoms with Crippen molar-refractivity contribution >= 4 is 27.0 Å². The number of likely N-dealkylation sites (tertiary alicyclic amines) is 1. The molecule has 3 nitrogen and oxygen atoms in total. The van der Waals surface area contributed by atoms with Crippen molar-refractivity contribution in [3.05, 3.63) is 51.5 Å². The third-order valence-corrected chi connectivity index (χ3v) is 5.82. The maximum atomic E-state index is 13.7. The zero-order valence-electron chi connectivity index (χ0n) is 14.7. The summed E-state index contributed by atoms with van der Waals surface area (Å²) in [5, 5.41) is 0. The molecule has 27 heavy (non-hydrogen) atoms. The molecule has 1 fully saturated rings. The molecule has 4 rings (SSSR count). The molecule has 7 heteroatoms. The largest absolute Gasteiger partial charge is 0.435 e. The molecule has 0 aliphatic carbocycles. The highest BCUT2D eigenvalue weighted by molar-refractivity contribution is 9.10. The van der Waals surface area contributed by atoms with Gasteiger partial charge in [0.05, 0.1) is 0 Å². The summed E-state index contributed by atoms with van der Waals surface area (Å²) in [5.74, 6) is 0.202. The quantitative estimate of drug-likeness (QED) is 0.488. The highest BCUT2D eigenvalue weighted by Gasteiger charge is 2.35. The SMILES string of the molecule is Cc1c(Br)cccc1-c1nc2cc(CN3CCCC3)cc(C(F)(F)F)c2o1. The maximum Gasteiger partial charge on any atom is 0.420 e. The van der Waals surface area contributed by atoms with E-state index in [1.54, 1.807) is 12.1 Å². The molecule has 0 bridgehead atoms. The van der Waals surface area contributed by atoms with Gasteiger partial charge >= 0.3 is 6.18 Å². The third kappa shape index (κ3) is 3.62. The second-order valence-corrected chi connectivity index (χ2v) is 7.76. The standard InChI is InChI=1S/C20H18BrF3N2O/c1-12-14(5-4-6-16(12)21)19-25-17-10-13(11-26-7-2-3-8-26)9-15(18(17)27-19)20(22,23)24/h4-6,9-10H,2-3,7-8,11H2,1H3. The lowest BCUT2D eigenvalue weighted by atomic mass is 10.1. The van der Waals surface area contributed by atoms with Crippen LogP contribution in [-0.4, -0.2) is 23.0 Å². The topological polar surface area (TPSA) is 29.3 Å². The van der Waals surface area contributed by atoms with Crippen LogP contribution in [0.1, 0.15) is 29.5 Å². The van der Waals surface area contributed by atoms with Gasteiger partial charge in [-0.3, -0.25) is 4.90 Å². The Kier molecular flexibility index (Phi) is 4.76. The van der Waals surface area contributed by atoms with Crippen LogP contribution in [0.2, 0.25) is 0 Å². The Balaban J connectivity index is 1.84. The van der Waals surface area contributed by atoms with E-state index >= 15 is 0 Å². The number of alkyl halides is 3. The van der Waals surface area contributed by atoms with E-state index in [1.165, 1.54) is 6.07 Å². The summed E-state index contributed by atoms with van der Waals surface area (Å²) in [6.07, 6.45) is -2.32. The zero-order valence-corrected chi connectivity index (χ0v) is 16.3. The lowest BCUT2D eigenvalue weighted by Crippen LogP contribution is -2.19. The molecule has 1 aliphatic heterocycles. The normalized spacial score (nSPS) is 15.7. The number of hydrogen-bond donors (Lipinski definition) is 0. The highest BCUT2D eigenvalue weighted by atomic mass is 79.9. The number of aromatic nitrogens is 1. The van der Waals surface area contributed by atoms with Gasteiger partial charge in [-0.25, -0.2) is 4.98 Å². The van der Waals surface area contributed by atoms with Gasteiger partial charge in [-0.15, -0.1) is 0 Å². The fourth-order valence-electron chi connectivity index (χ4n) is 3.55. The summed E-state index contributed by atoms with van der Waals surface area (Å²) in [5.41, 5.74) is 1.43. The van der Waals surface area contributed by atoms with E-state index in [0.29, 0.717) is 17.7 Å². The molecule has 142 valence electrons. The summed E-state index contributed by atoms with van der Waals surface area (Å²) >= 11 is 3.44. The van der Waals surface area contributed by atoms with Gasteiger partial charge in [0.15, 0.2) is 5.58 Å². The van der Waals surface area contributed by atoms with Crippen molar-refractivity contribution in [2.45, 2.75) is 32.5 Å². The van der Waals surface area contributed by atoms with Gasteiger partial charge in [0.1, 0.15) is 11.1 Å². The Hall–Kier alpha value is -1.86. The number of hydrogen-bond acceptors (Lipinski definition) is 3. The van der Waals surface area contributed by atoms with Crippen LogP contribution >= 0.6 is 15.9 Å². The van der Waals surface area contributed by atoms with E-state index in [-0.39, 0.29) is 17.0 Å². The molecule has 0 N–H and O–H groups in total. The van der Waals surface area contributed by atoms with Crippen molar-refractivity contribution in [3.8, 4) is 11.5 Å². The van der Waals surface area contributed by atoms with Crippen LogP contribution in [0.25, 0.3) is 22.6 Å². The monoisotopic (exact) mass is 438 g/mol. The smallest absolute Gasteiger partial charge is 0.420 e. The Labute approximate surface area is 163 Å². The number of oxazole rings is 1. The maximum absolute atomic E-state index is 13.7. The number of nitrogens with zero attached hydrogens (tertiary/aromatic N) is 2. The lowest BCUT2D eigenvalue weighted by molar-refractivity contribution is -0.136. The summed E-state index contributed by atoms with van der Waals surface area (Å²) in [4.78, 5) is 6.56. The average molecular weight is 439 g/mol. The number of halogens is 4. The molecule has 1 aliphatic rings. The first-order valence-electron chi connectivity index (χ1n) is 8.81. The highest BCUT2D eigenvalue weighted by Crippen LogP contribution is 2.39. The molecule has 0 saturated carbocycles. The number of benzene rings is 2. The van der Waals surface area contributed by atoms with Crippen LogP contribution in [-0.2, 0) is 12.7 Å². The molecule has 2 aromatic carbocycles. The van der Waals surface area contributed by atoms with Gasteiger partial charge < -0.3 is 4.42 Å². The Bertz CT molecular complexity index is 991. The summed E-state index contributed by atoms with van der Waals surface area (Å²) in [6.45, 7) is 4.20. The van der Waals surface area contributed by atoms with Crippen molar-refractivity contribution in [1.82, 2.24) is 9.88 Å². The van der Waals surface area contributed by atoms with Crippen LogP contribution in [0.15, 0.2) is 39.2 Å². The van der Waals surface area contributed by atoms with Gasteiger partial charge in [0.25, 0.3) is 0 Å². The van der Waals surface area contributed by atoms with Crippen molar-refractivity contribution < 1.29 is 17.6 Å². The lowest BCUT2D eigenvalue weighted by Gasteiger charge is -2.16. The molecule has 3 aromatic rings. The fraction of sp³-hybridized carbons (Fsp3) is 0.350. The van der Waals surface area contributed by atoms with Gasteiger partial charge in [-0.1, -0.05) is 22.0 Å². The van der Waals surface area contributed by atoms with Crippen molar-refractivity contribution in [3.63, 3.8) is 0 Å². The summed E-state index contributed by atoms with van der Waals surface area (Å²) < 4.78 is 47.4. The molecule has 0 atom stereocenters.